The van der Waals surface area contributed by atoms with Gasteiger partial charge in [-0.25, -0.2) is 9.48 Å². The number of carbonyl (C=O) groups is 1. The molecule has 1 amide bonds. The molecule has 1 fully saturated rings. The summed E-state index contributed by atoms with van der Waals surface area (Å²) in [6, 6.07) is 39.6. The molecule has 0 radical (unpaired) electrons. The second kappa shape index (κ2) is 20.0. The molecule has 1 aliphatic carbocycles. The summed E-state index contributed by atoms with van der Waals surface area (Å²) in [5.41, 5.74) is 8.44. The van der Waals surface area contributed by atoms with Gasteiger partial charge in [0.15, 0.2) is 8.32 Å². The second-order valence-electron chi connectivity index (χ2n) is 18.9. The van der Waals surface area contributed by atoms with Crippen molar-refractivity contribution in [1.82, 2.24) is 30.6 Å². The van der Waals surface area contributed by atoms with E-state index < -0.39 is 14.4 Å². The molecule has 1 saturated carbocycles. The molecular formula is C53H61N7O5Si. The highest BCUT2D eigenvalue weighted by Gasteiger charge is 2.40. The second-order valence-corrected chi connectivity index (χ2v) is 23.7. The Morgan fingerprint density at radius 3 is 2.38 bits per heavy atom. The number of anilines is 1. The third kappa shape index (κ3) is 10.7. The highest BCUT2D eigenvalue weighted by atomic mass is 28.4. The first-order valence-corrected chi connectivity index (χ1v) is 25.9. The Balaban J connectivity index is 0.953. The lowest BCUT2D eigenvalue weighted by Crippen LogP contribution is -2.45. The van der Waals surface area contributed by atoms with Gasteiger partial charge in [0.1, 0.15) is 11.3 Å². The predicted octanol–water partition coefficient (Wildman–Crippen LogP) is 10.8. The zero-order valence-corrected chi connectivity index (χ0v) is 39.5. The van der Waals surface area contributed by atoms with E-state index in [0.717, 1.165) is 76.5 Å². The quantitative estimate of drug-likeness (QED) is 0.0595. The lowest BCUT2D eigenvalue weighted by atomic mass is 9.89. The maximum atomic E-state index is 13.1. The first-order chi connectivity index (χ1) is 31.7. The molecule has 0 saturated heterocycles. The maximum Gasteiger partial charge on any atom is 0.412 e. The number of H-pyrrole nitrogens is 1. The zero-order valence-electron chi connectivity index (χ0n) is 38.5. The number of pyridine rings is 1. The minimum Gasteiger partial charge on any atom is -0.506 e. The molecule has 342 valence electrons. The van der Waals surface area contributed by atoms with Gasteiger partial charge in [-0.3, -0.25) is 9.69 Å². The Hall–Kier alpha value is -6.38. The molecule has 0 unspecified atom stereocenters. The molecule has 8 rings (SSSR count). The fraction of sp³-hybridized carbons (Fsp3) is 0.321. The Morgan fingerprint density at radius 1 is 0.909 bits per heavy atom. The highest BCUT2D eigenvalue weighted by molar-refractivity contribution is 6.74. The average molecular weight is 904 g/mol. The number of aromatic nitrogens is 4. The number of fused-ring (bicyclic) bond motifs is 2. The molecule has 13 heteroatoms. The standard InChI is InChI=1S/C53H61N7O5Si/c1-53(2,3)66(4,5)65-49(43-25-28-48(61)51-44(43)26-29-50(62)56-51)35-54-33-38-19-27-46-45(31-38)57-58-59(46)30-12-15-36-18-24-42(39-16-10-7-11-17-39)47(32-36)60(52(63)64)41-22-20-40(21-23-41)55-34-37-13-8-6-9-14-37/h6-19,24-29,31-32,40-41,49,54-55,61H,20-23,30,33-35H2,1-5H3,(H,56,62)(H,63,64)/t40?,41?,49-/m0/s1. The van der Waals surface area contributed by atoms with E-state index in [9.17, 15) is 19.8 Å². The number of hydrogen-bond acceptors (Lipinski definition) is 8. The molecule has 0 spiro atoms. The average Bonchev–Trinajstić information content (AvgIpc) is 3.71. The largest absolute Gasteiger partial charge is 0.506 e. The number of aromatic hydroxyl groups is 1. The first-order valence-electron chi connectivity index (χ1n) is 22.9. The van der Waals surface area contributed by atoms with Gasteiger partial charge in [-0.15, -0.1) is 5.10 Å². The summed E-state index contributed by atoms with van der Waals surface area (Å²) < 4.78 is 8.85. The Labute approximate surface area is 387 Å². The lowest BCUT2D eigenvalue weighted by Gasteiger charge is -2.39. The van der Waals surface area contributed by atoms with Crippen molar-refractivity contribution >= 4 is 48.1 Å². The van der Waals surface area contributed by atoms with Crippen LogP contribution in [-0.4, -0.2) is 63.2 Å². The number of allylic oxidation sites excluding steroid dienone is 1. The number of benzene rings is 5. The number of phenols is 1. The molecule has 5 N–H and O–H groups in total. The smallest absolute Gasteiger partial charge is 0.412 e. The van der Waals surface area contributed by atoms with E-state index in [4.69, 9.17) is 4.43 Å². The summed E-state index contributed by atoms with van der Waals surface area (Å²) >= 11 is 0. The minimum absolute atomic E-state index is 0.0212. The van der Waals surface area contributed by atoms with Crippen LogP contribution >= 0.6 is 0 Å². The van der Waals surface area contributed by atoms with Crippen molar-refractivity contribution in [2.24, 2.45) is 0 Å². The fourth-order valence-electron chi connectivity index (χ4n) is 8.75. The molecule has 66 heavy (non-hydrogen) atoms. The van der Waals surface area contributed by atoms with Gasteiger partial charge >= 0.3 is 6.09 Å². The number of nitrogens with one attached hydrogen (secondary N) is 3. The van der Waals surface area contributed by atoms with Crippen molar-refractivity contribution in [2.75, 3.05) is 11.4 Å². The first kappa shape index (κ1) is 46.2. The van der Waals surface area contributed by atoms with Crippen LogP contribution in [0.2, 0.25) is 18.1 Å². The Kier molecular flexibility index (Phi) is 14.0. The number of amides is 1. The molecule has 1 aliphatic rings. The van der Waals surface area contributed by atoms with E-state index in [1.165, 1.54) is 11.6 Å². The summed E-state index contributed by atoms with van der Waals surface area (Å²) in [6.07, 6.45) is 6.14. The highest BCUT2D eigenvalue weighted by Crippen LogP contribution is 2.41. The van der Waals surface area contributed by atoms with Crippen LogP contribution in [-0.2, 0) is 24.1 Å². The van der Waals surface area contributed by atoms with Gasteiger partial charge < -0.3 is 30.3 Å². The van der Waals surface area contributed by atoms with E-state index in [1.54, 1.807) is 17.0 Å². The Bertz CT molecular complexity index is 2870. The Morgan fingerprint density at radius 2 is 1.65 bits per heavy atom. The van der Waals surface area contributed by atoms with E-state index in [2.05, 4.69) is 90.1 Å². The zero-order chi connectivity index (χ0) is 46.4. The molecule has 5 aromatic carbocycles. The maximum absolute atomic E-state index is 13.1. The number of aromatic amines is 1. The van der Waals surface area contributed by atoms with Crippen molar-refractivity contribution in [3.05, 3.63) is 160 Å². The number of phenolic OH excluding ortho intramolecular Hbond substituents is 1. The third-order valence-electron chi connectivity index (χ3n) is 13.4. The van der Waals surface area contributed by atoms with Crippen LogP contribution in [0.3, 0.4) is 0 Å². The van der Waals surface area contributed by atoms with Crippen LogP contribution in [0.15, 0.2) is 132 Å². The van der Waals surface area contributed by atoms with Crippen LogP contribution in [0.25, 0.3) is 39.1 Å². The minimum atomic E-state index is -2.24. The molecule has 7 aromatic rings. The van der Waals surface area contributed by atoms with Crippen molar-refractivity contribution in [2.45, 2.75) is 102 Å². The van der Waals surface area contributed by atoms with Crippen LogP contribution in [0.1, 0.15) is 74.8 Å². The van der Waals surface area contributed by atoms with Crippen LogP contribution < -0.4 is 21.1 Å². The van der Waals surface area contributed by atoms with E-state index in [1.807, 2.05) is 89.6 Å². The molecule has 0 aliphatic heterocycles. The van der Waals surface area contributed by atoms with Crippen molar-refractivity contribution in [3.8, 4) is 16.9 Å². The van der Waals surface area contributed by atoms with Crippen molar-refractivity contribution in [1.29, 1.82) is 0 Å². The molecule has 12 nitrogen and oxygen atoms in total. The topological polar surface area (TPSA) is 158 Å². The molecule has 1 atom stereocenters. The van der Waals surface area contributed by atoms with Gasteiger partial charge in [-0.2, -0.15) is 0 Å². The van der Waals surface area contributed by atoms with E-state index >= 15 is 0 Å². The van der Waals surface area contributed by atoms with Gasteiger partial charge in [0.25, 0.3) is 0 Å². The van der Waals surface area contributed by atoms with E-state index in [-0.39, 0.29) is 28.5 Å². The van der Waals surface area contributed by atoms with E-state index in [0.29, 0.717) is 36.9 Å². The molecule has 2 heterocycles. The summed E-state index contributed by atoms with van der Waals surface area (Å²) in [6.45, 7) is 13.4. The number of rotatable bonds is 16. The summed E-state index contributed by atoms with van der Waals surface area (Å²) in [5.74, 6) is 0.0212. The summed E-state index contributed by atoms with van der Waals surface area (Å²) in [5, 5.41) is 38.4. The van der Waals surface area contributed by atoms with Gasteiger partial charge in [-0.05, 0) is 102 Å². The molecule has 0 bridgehead atoms. The molecular weight excluding hydrogens is 843 g/mol. The van der Waals surface area contributed by atoms with Gasteiger partial charge in [0, 0.05) is 48.7 Å². The van der Waals surface area contributed by atoms with Gasteiger partial charge in [0.2, 0.25) is 5.56 Å². The monoisotopic (exact) mass is 903 g/mol. The van der Waals surface area contributed by atoms with Crippen LogP contribution in [0, 0.1) is 0 Å². The normalized spacial score (nSPS) is 16.3. The number of carboxylic acid groups (broad SMARTS) is 1. The summed E-state index contributed by atoms with van der Waals surface area (Å²) in [4.78, 5) is 29.7. The molecule has 2 aromatic heterocycles. The lowest BCUT2D eigenvalue weighted by molar-refractivity contribution is 0.181. The van der Waals surface area contributed by atoms with Crippen LogP contribution in [0.4, 0.5) is 10.5 Å². The van der Waals surface area contributed by atoms with Gasteiger partial charge in [0.05, 0.1) is 29.4 Å². The van der Waals surface area contributed by atoms with Crippen LogP contribution in [0.5, 0.6) is 5.75 Å². The predicted molar refractivity (Wildman–Crippen MR) is 267 cm³/mol. The summed E-state index contributed by atoms with van der Waals surface area (Å²) in [7, 11) is -2.24. The van der Waals surface area contributed by atoms with Gasteiger partial charge in [-0.1, -0.05) is 123 Å². The third-order valence-corrected chi connectivity index (χ3v) is 17.9. The fourth-order valence-corrected chi connectivity index (χ4v) is 10.0. The number of hydrogen-bond donors (Lipinski definition) is 5. The van der Waals surface area contributed by atoms with Crippen molar-refractivity contribution < 1.29 is 19.4 Å². The van der Waals surface area contributed by atoms with Crippen molar-refractivity contribution in [3.63, 3.8) is 0 Å². The SMILES string of the molecule is CC(C)(C)[Si](C)(C)O[C@@H](CNCc1ccc2c(c1)nnn2CC=Cc1ccc(-c2ccccc2)c(N(C(=O)O)C2CCC(NCc3ccccc3)CC2)c1)c1ccc(O)c2[nH]c(=O)ccc12. The number of nitrogens with zero attached hydrogens (tertiary/aromatic N) is 4.